The van der Waals surface area contributed by atoms with Crippen LogP contribution in [0.15, 0.2) is 42.7 Å². The third kappa shape index (κ3) is 3.22. The normalized spacial score (nSPS) is 10.6. The Morgan fingerprint density at radius 2 is 1.75 bits per heavy atom. The van der Waals surface area contributed by atoms with Gasteiger partial charge in [-0.3, -0.25) is 0 Å². The molecule has 3 rings (SSSR count). The average molecular weight is 324 g/mol. The summed E-state index contributed by atoms with van der Waals surface area (Å²) in [6, 6.07) is 9.55. The molecule has 0 aliphatic carbocycles. The van der Waals surface area contributed by atoms with Crippen LogP contribution in [-0.2, 0) is 6.42 Å². The number of aromatic nitrogens is 4. The summed E-state index contributed by atoms with van der Waals surface area (Å²) in [6.45, 7) is 6.38. The van der Waals surface area contributed by atoms with Crippen LogP contribution in [0.4, 0.5) is 0 Å². The Morgan fingerprint density at radius 3 is 2.38 bits per heavy atom. The van der Waals surface area contributed by atoms with E-state index in [0.717, 1.165) is 23.4 Å². The maximum Gasteiger partial charge on any atom is 0.277 e. The van der Waals surface area contributed by atoms with Crippen molar-refractivity contribution in [2.75, 3.05) is 6.61 Å². The summed E-state index contributed by atoms with van der Waals surface area (Å²) in [5, 5.41) is 4.47. The van der Waals surface area contributed by atoms with E-state index >= 15 is 0 Å². The molecule has 24 heavy (non-hydrogen) atoms. The lowest BCUT2D eigenvalue weighted by Crippen LogP contribution is -2.05. The molecule has 6 nitrogen and oxygen atoms in total. The van der Waals surface area contributed by atoms with Gasteiger partial charge in [0.05, 0.1) is 12.3 Å². The van der Waals surface area contributed by atoms with Crippen LogP contribution in [0, 0.1) is 6.92 Å². The van der Waals surface area contributed by atoms with E-state index in [0.29, 0.717) is 24.2 Å². The van der Waals surface area contributed by atoms with E-state index < -0.39 is 0 Å². The number of rotatable bonds is 6. The molecule has 124 valence electrons. The zero-order valence-electron chi connectivity index (χ0n) is 14.1. The van der Waals surface area contributed by atoms with E-state index in [9.17, 15) is 0 Å². The van der Waals surface area contributed by atoms with Gasteiger partial charge in [0.25, 0.3) is 11.8 Å². The number of nitrogens with zero attached hydrogens (tertiary/aromatic N) is 4. The first-order valence-corrected chi connectivity index (χ1v) is 7.99. The van der Waals surface area contributed by atoms with Crippen LogP contribution in [-0.4, -0.2) is 26.4 Å². The van der Waals surface area contributed by atoms with Crippen molar-refractivity contribution in [1.82, 2.24) is 19.7 Å². The Morgan fingerprint density at radius 1 is 1.04 bits per heavy atom. The van der Waals surface area contributed by atoms with Gasteiger partial charge in [-0.25, -0.2) is 9.97 Å². The van der Waals surface area contributed by atoms with Crippen molar-refractivity contribution in [3.8, 4) is 23.3 Å². The number of benzene rings is 1. The van der Waals surface area contributed by atoms with Gasteiger partial charge >= 0.3 is 0 Å². The number of hydrogen-bond acceptors (Lipinski definition) is 5. The standard InChI is InChI=1S/C18H20N4O2/c1-4-14-11-19-18(20-12-14)22-13(3)16(17(21-22)23-5-2)24-15-9-7-6-8-10-15/h6-12H,4-5H2,1-3H3. The molecule has 0 N–H and O–H groups in total. The summed E-state index contributed by atoms with van der Waals surface area (Å²) in [7, 11) is 0. The predicted molar refractivity (Wildman–Crippen MR) is 91.0 cm³/mol. The highest BCUT2D eigenvalue weighted by molar-refractivity contribution is 5.44. The SMILES string of the molecule is CCOc1nn(-c2ncc(CC)cn2)c(C)c1Oc1ccccc1. The molecular formula is C18H20N4O2. The molecule has 1 aromatic carbocycles. The van der Waals surface area contributed by atoms with Crippen molar-refractivity contribution < 1.29 is 9.47 Å². The largest absolute Gasteiger partial charge is 0.474 e. The van der Waals surface area contributed by atoms with Crippen LogP contribution in [0.5, 0.6) is 17.4 Å². The molecule has 6 heteroatoms. The van der Waals surface area contributed by atoms with E-state index in [2.05, 4.69) is 22.0 Å². The lowest BCUT2D eigenvalue weighted by Gasteiger charge is -2.07. The fourth-order valence-corrected chi connectivity index (χ4v) is 2.25. The minimum atomic E-state index is 0.432. The summed E-state index contributed by atoms with van der Waals surface area (Å²) >= 11 is 0. The Bertz CT molecular complexity index is 798. The molecule has 0 radical (unpaired) electrons. The van der Waals surface area contributed by atoms with Gasteiger partial charge in [-0.2, -0.15) is 4.68 Å². The van der Waals surface area contributed by atoms with Gasteiger partial charge in [0.2, 0.25) is 5.75 Å². The zero-order valence-corrected chi connectivity index (χ0v) is 14.1. The Labute approximate surface area is 141 Å². The summed E-state index contributed by atoms with van der Waals surface area (Å²) < 4.78 is 13.2. The average Bonchev–Trinajstić information content (AvgIpc) is 2.93. The van der Waals surface area contributed by atoms with Gasteiger partial charge in [-0.15, -0.1) is 5.10 Å². The highest BCUT2D eigenvalue weighted by atomic mass is 16.5. The number of hydrogen-bond donors (Lipinski definition) is 0. The van der Waals surface area contributed by atoms with Crippen LogP contribution >= 0.6 is 0 Å². The molecule has 0 aliphatic rings. The highest BCUT2D eigenvalue weighted by Crippen LogP contribution is 2.35. The summed E-state index contributed by atoms with van der Waals surface area (Å²) in [4.78, 5) is 8.76. The fraction of sp³-hybridized carbons (Fsp3) is 0.278. The van der Waals surface area contributed by atoms with Crippen molar-refractivity contribution in [3.05, 3.63) is 54.0 Å². The van der Waals surface area contributed by atoms with Crippen molar-refractivity contribution in [2.24, 2.45) is 0 Å². The maximum atomic E-state index is 5.98. The number of aryl methyl sites for hydroxylation is 1. The first kappa shape index (κ1) is 16.0. The molecule has 0 atom stereocenters. The van der Waals surface area contributed by atoms with Gasteiger partial charge in [-0.1, -0.05) is 25.1 Å². The van der Waals surface area contributed by atoms with E-state index in [1.54, 1.807) is 4.68 Å². The number of para-hydroxylation sites is 1. The first-order valence-electron chi connectivity index (χ1n) is 7.99. The molecule has 2 heterocycles. The minimum Gasteiger partial charge on any atom is -0.474 e. The van der Waals surface area contributed by atoms with Crippen molar-refractivity contribution in [2.45, 2.75) is 27.2 Å². The maximum absolute atomic E-state index is 5.98. The lowest BCUT2D eigenvalue weighted by atomic mass is 10.3. The minimum absolute atomic E-state index is 0.432. The van der Waals surface area contributed by atoms with Crippen molar-refractivity contribution in [3.63, 3.8) is 0 Å². The van der Waals surface area contributed by atoms with Crippen molar-refractivity contribution in [1.29, 1.82) is 0 Å². The smallest absolute Gasteiger partial charge is 0.277 e. The van der Waals surface area contributed by atoms with Crippen LogP contribution in [0.2, 0.25) is 0 Å². The Balaban J connectivity index is 2.00. The summed E-state index contributed by atoms with van der Waals surface area (Å²) in [5.41, 5.74) is 1.86. The van der Waals surface area contributed by atoms with Gasteiger partial charge in [0.15, 0.2) is 0 Å². The Hall–Kier alpha value is -2.89. The van der Waals surface area contributed by atoms with E-state index in [4.69, 9.17) is 9.47 Å². The second-order valence-corrected chi connectivity index (χ2v) is 5.22. The Kier molecular flexibility index (Phi) is 4.74. The molecule has 0 unspecified atom stereocenters. The molecule has 0 saturated heterocycles. The molecule has 0 bridgehead atoms. The third-order valence-electron chi connectivity index (χ3n) is 3.56. The second kappa shape index (κ2) is 7.12. The van der Waals surface area contributed by atoms with E-state index in [1.165, 1.54) is 0 Å². The monoisotopic (exact) mass is 324 g/mol. The molecule has 0 amide bonds. The number of ether oxygens (including phenoxy) is 2. The predicted octanol–water partition coefficient (Wildman–Crippen LogP) is 3.72. The lowest BCUT2D eigenvalue weighted by molar-refractivity contribution is 0.308. The topological polar surface area (TPSA) is 62.1 Å². The fourth-order valence-electron chi connectivity index (χ4n) is 2.25. The first-order chi connectivity index (χ1) is 11.7. The van der Waals surface area contributed by atoms with Gasteiger partial charge in [-0.05, 0) is 38.0 Å². The second-order valence-electron chi connectivity index (χ2n) is 5.22. The third-order valence-corrected chi connectivity index (χ3v) is 3.56. The summed E-state index contributed by atoms with van der Waals surface area (Å²) in [5.74, 6) is 2.23. The quantitative estimate of drug-likeness (QED) is 0.691. The molecule has 0 saturated carbocycles. The van der Waals surface area contributed by atoms with Crippen LogP contribution in [0.1, 0.15) is 25.1 Å². The molecule has 2 aromatic heterocycles. The van der Waals surface area contributed by atoms with Crippen LogP contribution in [0.3, 0.4) is 0 Å². The molecule has 3 aromatic rings. The van der Waals surface area contributed by atoms with Crippen LogP contribution in [0.25, 0.3) is 5.95 Å². The molecule has 0 aliphatic heterocycles. The van der Waals surface area contributed by atoms with E-state index in [-0.39, 0.29) is 0 Å². The molecular weight excluding hydrogens is 304 g/mol. The molecule has 0 fully saturated rings. The van der Waals surface area contributed by atoms with Crippen molar-refractivity contribution >= 4 is 0 Å². The van der Waals surface area contributed by atoms with Crippen LogP contribution < -0.4 is 9.47 Å². The van der Waals surface area contributed by atoms with Gasteiger partial charge < -0.3 is 9.47 Å². The van der Waals surface area contributed by atoms with E-state index in [1.807, 2.05) is 56.6 Å². The van der Waals surface area contributed by atoms with Gasteiger partial charge in [0, 0.05) is 12.4 Å². The highest BCUT2D eigenvalue weighted by Gasteiger charge is 2.20. The van der Waals surface area contributed by atoms with Gasteiger partial charge in [0.1, 0.15) is 5.75 Å². The molecule has 0 spiro atoms. The zero-order chi connectivity index (χ0) is 16.9. The summed E-state index contributed by atoms with van der Waals surface area (Å²) in [6.07, 6.45) is 4.51.